The lowest BCUT2D eigenvalue weighted by Crippen LogP contribution is -2.64. The number of fused-ring (bicyclic) bond motifs is 1. The van der Waals surface area contributed by atoms with E-state index in [2.05, 4.69) is 50.9 Å². The molecule has 1 aliphatic rings. The number of benzene rings is 1. The number of hydrogen-bond donors (Lipinski definition) is 1. The Bertz CT molecular complexity index is 578. The molecule has 0 saturated heterocycles. The molecule has 18 heavy (non-hydrogen) atoms. The lowest BCUT2D eigenvalue weighted by atomic mass is 9.82. The van der Waals surface area contributed by atoms with Crippen molar-refractivity contribution in [1.82, 2.24) is 0 Å². The predicted octanol–water partition coefficient (Wildman–Crippen LogP) is 0.621. The maximum absolute atomic E-state index is 9.08. The summed E-state index contributed by atoms with van der Waals surface area (Å²) in [5.74, 6) is 0. The molecule has 0 spiro atoms. The fourth-order valence-electron chi connectivity index (χ4n) is 1.84. The van der Waals surface area contributed by atoms with Crippen LogP contribution in [-0.2, 0) is 15.5 Å². The van der Waals surface area contributed by atoms with Gasteiger partial charge in [-0.25, -0.2) is 13.4 Å². The highest BCUT2D eigenvalue weighted by atomic mass is 32.2. The van der Waals surface area contributed by atoms with Crippen molar-refractivity contribution in [3.8, 4) is 0 Å². The van der Waals surface area contributed by atoms with Crippen molar-refractivity contribution in [2.75, 3.05) is 6.26 Å². The Kier molecular flexibility index (Phi) is 3.98. The summed E-state index contributed by atoms with van der Waals surface area (Å²) >= 11 is 0. The van der Waals surface area contributed by atoms with Gasteiger partial charge in [0, 0.05) is 24.8 Å². The Morgan fingerprint density at radius 1 is 1.22 bits per heavy atom. The smallest absolute Gasteiger partial charge is 0.207 e. The molecule has 0 amide bonds. The second-order valence-corrected chi connectivity index (χ2v) is 6.54. The Morgan fingerprint density at radius 3 is 2.22 bits per heavy atom. The Hall–Kier alpha value is -1.20. The van der Waals surface area contributed by atoms with Crippen molar-refractivity contribution >= 4 is 21.5 Å². The third-order valence-corrected chi connectivity index (χ3v) is 3.11. The van der Waals surface area contributed by atoms with E-state index < -0.39 is 10.1 Å². The number of rotatable bonds is 0. The van der Waals surface area contributed by atoms with Gasteiger partial charge in [-0.1, -0.05) is 11.6 Å². The van der Waals surface area contributed by atoms with Crippen molar-refractivity contribution in [3.05, 3.63) is 29.3 Å². The molecule has 0 bridgehead atoms. The van der Waals surface area contributed by atoms with Crippen molar-refractivity contribution in [3.63, 3.8) is 0 Å². The zero-order valence-corrected chi connectivity index (χ0v) is 12.2. The molecule has 5 heteroatoms. The van der Waals surface area contributed by atoms with Gasteiger partial charge in [-0.05, 0) is 26.8 Å². The first-order chi connectivity index (χ1) is 8.01. The van der Waals surface area contributed by atoms with Crippen LogP contribution in [0.1, 0.15) is 31.9 Å². The van der Waals surface area contributed by atoms with Crippen LogP contribution < -0.4 is 4.99 Å². The fourth-order valence-corrected chi connectivity index (χ4v) is 1.84. The van der Waals surface area contributed by atoms with Gasteiger partial charge in [-0.15, -0.1) is 0 Å². The van der Waals surface area contributed by atoms with E-state index in [9.17, 15) is 0 Å². The van der Waals surface area contributed by atoms with E-state index in [1.54, 1.807) is 0 Å². The summed E-state index contributed by atoms with van der Waals surface area (Å²) in [6.07, 6.45) is 0.604. The van der Waals surface area contributed by atoms with Gasteiger partial charge in [0.05, 0.1) is 15.5 Å². The molecule has 1 heterocycles. The minimum absolute atomic E-state index is 0.182. The zero-order chi connectivity index (χ0) is 14.1. The molecular weight excluding hydrogens is 250 g/mol. The van der Waals surface area contributed by atoms with Crippen molar-refractivity contribution in [1.29, 1.82) is 0 Å². The second-order valence-electron chi connectivity index (χ2n) is 5.13. The summed E-state index contributed by atoms with van der Waals surface area (Å²) in [6, 6.07) is 6.60. The van der Waals surface area contributed by atoms with Gasteiger partial charge in [0.2, 0.25) is 5.69 Å². The second kappa shape index (κ2) is 4.82. The first-order valence-corrected chi connectivity index (χ1v) is 7.46. The summed E-state index contributed by atoms with van der Waals surface area (Å²) in [6.45, 7) is 8.83. The van der Waals surface area contributed by atoms with Crippen LogP contribution in [0.4, 0.5) is 5.69 Å². The molecule has 4 nitrogen and oxygen atoms in total. The average molecular weight is 269 g/mol. The van der Waals surface area contributed by atoms with Crippen LogP contribution in [0.15, 0.2) is 18.2 Å². The van der Waals surface area contributed by atoms with Crippen LogP contribution in [-0.4, -0.2) is 24.9 Å². The van der Waals surface area contributed by atoms with Crippen molar-refractivity contribution in [2.24, 2.45) is 0 Å². The third-order valence-electron chi connectivity index (χ3n) is 3.11. The first-order valence-electron chi connectivity index (χ1n) is 5.65. The monoisotopic (exact) mass is 269 g/mol. The van der Waals surface area contributed by atoms with E-state index in [0.29, 0.717) is 6.26 Å². The fraction of sp³-hybridized carbons (Fsp3) is 0.462. The molecule has 0 radical (unpaired) electrons. The van der Waals surface area contributed by atoms with Gasteiger partial charge in [-0.3, -0.25) is 0 Å². The van der Waals surface area contributed by atoms with Gasteiger partial charge >= 0.3 is 0 Å². The van der Waals surface area contributed by atoms with E-state index in [0.717, 1.165) is 0 Å². The summed E-state index contributed by atoms with van der Waals surface area (Å²) in [7, 11) is -3.92. The minimum Gasteiger partial charge on any atom is -0.748 e. The average Bonchev–Trinajstić information content (AvgIpc) is 2.37. The molecular formula is C13H19NO3S. The number of aryl methyl sites for hydroxylation is 1. The number of hydrogen-bond acceptors (Lipinski definition) is 3. The quantitative estimate of drug-likeness (QED) is 0.702. The number of nitrogens with one attached hydrogen (secondary N) is 1. The first kappa shape index (κ1) is 14.9. The maximum atomic E-state index is 9.08. The highest BCUT2D eigenvalue weighted by molar-refractivity contribution is 7.84. The van der Waals surface area contributed by atoms with Crippen LogP contribution in [0.3, 0.4) is 0 Å². The summed E-state index contributed by atoms with van der Waals surface area (Å²) < 4.78 is 27.2. The van der Waals surface area contributed by atoms with Gasteiger partial charge in [0.1, 0.15) is 0 Å². The van der Waals surface area contributed by atoms with Gasteiger partial charge in [0.25, 0.3) is 0 Å². The Morgan fingerprint density at radius 2 is 1.72 bits per heavy atom. The molecule has 0 aromatic heterocycles. The molecule has 0 atom stereocenters. The topological polar surface area (TPSA) is 71.2 Å². The van der Waals surface area contributed by atoms with Crippen molar-refractivity contribution < 1.29 is 18.0 Å². The van der Waals surface area contributed by atoms with E-state index in [4.69, 9.17) is 13.0 Å². The molecule has 1 N–H and O–H groups in total. The normalized spacial score (nSPS) is 16.4. The molecule has 0 saturated carbocycles. The van der Waals surface area contributed by atoms with Gasteiger partial charge in [-0.2, -0.15) is 0 Å². The highest BCUT2D eigenvalue weighted by Crippen LogP contribution is 2.31. The largest absolute Gasteiger partial charge is 0.748 e. The van der Waals surface area contributed by atoms with E-state index in [1.165, 1.54) is 22.5 Å². The SMILES string of the molecule is CC1=[NH+]c2ccc(C)cc2C1(C)C.CS(=O)(=O)[O-]. The lowest BCUT2D eigenvalue weighted by molar-refractivity contribution is -0.351. The Labute approximate surface area is 109 Å². The van der Waals surface area contributed by atoms with Crippen LogP contribution in [0.5, 0.6) is 0 Å². The van der Waals surface area contributed by atoms with Crippen molar-refractivity contribution in [2.45, 2.75) is 33.1 Å². The van der Waals surface area contributed by atoms with E-state index in [1.807, 2.05) is 0 Å². The molecule has 1 aromatic rings. The molecule has 100 valence electrons. The predicted molar refractivity (Wildman–Crippen MR) is 71.1 cm³/mol. The van der Waals surface area contributed by atoms with Crippen LogP contribution in [0, 0.1) is 6.92 Å². The highest BCUT2D eigenvalue weighted by Gasteiger charge is 2.37. The van der Waals surface area contributed by atoms with E-state index in [-0.39, 0.29) is 5.41 Å². The molecule has 2 rings (SSSR count). The third kappa shape index (κ3) is 3.65. The molecule has 1 aromatic carbocycles. The molecule has 1 aliphatic heterocycles. The zero-order valence-electron chi connectivity index (χ0n) is 11.4. The standard InChI is InChI=1S/C12H15N.CH4O3S/c1-8-5-6-11-10(7-8)12(3,4)9(2)13-11;1-5(2,3)4/h5-7H,1-4H3;1H3,(H,2,3,4). The van der Waals surface area contributed by atoms with Gasteiger partial charge < -0.3 is 4.55 Å². The summed E-state index contributed by atoms with van der Waals surface area (Å²) in [5.41, 5.74) is 5.55. The lowest BCUT2D eigenvalue weighted by Gasteiger charge is -2.14. The maximum Gasteiger partial charge on any atom is 0.207 e. The van der Waals surface area contributed by atoms with Crippen LogP contribution in [0.25, 0.3) is 0 Å². The summed E-state index contributed by atoms with van der Waals surface area (Å²) in [4.78, 5) is 3.43. The van der Waals surface area contributed by atoms with Gasteiger partial charge in [0.15, 0.2) is 5.71 Å². The molecule has 0 unspecified atom stereocenters. The summed E-state index contributed by atoms with van der Waals surface area (Å²) in [5, 5.41) is 0. The Balaban J connectivity index is 0.000000280. The minimum atomic E-state index is -3.92. The molecule has 0 aliphatic carbocycles. The van der Waals surface area contributed by atoms with Crippen LogP contribution in [0.2, 0.25) is 0 Å². The molecule has 0 fully saturated rings. The van der Waals surface area contributed by atoms with E-state index >= 15 is 0 Å². The van der Waals surface area contributed by atoms with Crippen LogP contribution >= 0.6 is 0 Å².